The van der Waals surface area contributed by atoms with E-state index < -0.39 is 11.4 Å². The van der Waals surface area contributed by atoms with E-state index in [1.807, 2.05) is 18.2 Å². The lowest BCUT2D eigenvalue weighted by molar-refractivity contribution is -0.157. The van der Waals surface area contributed by atoms with Crippen molar-refractivity contribution < 1.29 is 19.4 Å². The van der Waals surface area contributed by atoms with Gasteiger partial charge in [-0.05, 0) is 38.2 Å². The minimum atomic E-state index is -0.668. The van der Waals surface area contributed by atoms with Gasteiger partial charge in [0, 0.05) is 37.7 Å². The van der Waals surface area contributed by atoms with E-state index in [1.54, 1.807) is 0 Å². The Hall–Kier alpha value is -1.59. The number of fused-ring (bicyclic) bond motifs is 1. The van der Waals surface area contributed by atoms with Crippen molar-refractivity contribution in [2.75, 3.05) is 26.3 Å². The fourth-order valence-electron chi connectivity index (χ4n) is 4.70. The third-order valence-corrected chi connectivity index (χ3v) is 6.17. The molecule has 0 radical (unpaired) electrons. The molecule has 136 valence electrons. The predicted molar refractivity (Wildman–Crippen MR) is 93.6 cm³/mol. The van der Waals surface area contributed by atoms with Gasteiger partial charge in [0.05, 0.1) is 18.1 Å². The minimum Gasteiger partial charge on any atom is -0.490 e. The Kier molecular flexibility index (Phi) is 4.69. The number of para-hydroxylation sites is 1. The number of aliphatic carboxylic acids is 1. The molecule has 0 aromatic heterocycles. The molecule has 1 N–H and O–H groups in total. The zero-order valence-electron chi connectivity index (χ0n) is 14.7. The summed E-state index contributed by atoms with van der Waals surface area (Å²) >= 11 is 0. The molecule has 0 amide bonds. The van der Waals surface area contributed by atoms with Crippen LogP contribution in [0, 0.1) is 11.3 Å². The number of hydrogen-bond acceptors (Lipinski definition) is 4. The molecule has 0 unspecified atom stereocenters. The second-order valence-corrected chi connectivity index (χ2v) is 7.78. The highest BCUT2D eigenvalue weighted by molar-refractivity contribution is 5.76. The average molecular weight is 345 g/mol. The van der Waals surface area contributed by atoms with Crippen molar-refractivity contribution in [1.29, 1.82) is 0 Å². The van der Waals surface area contributed by atoms with E-state index in [9.17, 15) is 9.90 Å². The first-order valence-corrected chi connectivity index (χ1v) is 9.45. The summed E-state index contributed by atoms with van der Waals surface area (Å²) < 4.78 is 11.8. The van der Waals surface area contributed by atoms with Crippen molar-refractivity contribution >= 4 is 5.97 Å². The Labute approximate surface area is 148 Å². The van der Waals surface area contributed by atoms with E-state index in [0.717, 1.165) is 37.2 Å². The number of rotatable bonds is 5. The fraction of sp³-hybridized carbons (Fsp3) is 0.650. The lowest BCUT2D eigenvalue weighted by Gasteiger charge is -2.34. The van der Waals surface area contributed by atoms with Gasteiger partial charge in [-0.3, -0.25) is 9.69 Å². The van der Waals surface area contributed by atoms with Gasteiger partial charge < -0.3 is 14.6 Å². The van der Waals surface area contributed by atoms with Gasteiger partial charge in [0.2, 0.25) is 0 Å². The molecule has 3 aliphatic rings. The normalized spacial score (nSPS) is 30.3. The molecule has 2 aliphatic heterocycles. The highest BCUT2D eigenvalue weighted by Gasteiger charge is 2.53. The lowest BCUT2D eigenvalue weighted by atomic mass is 9.74. The quantitative estimate of drug-likeness (QED) is 0.889. The van der Waals surface area contributed by atoms with Crippen LogP contribution in [-0.4, -0.2) is 48.4 Å². The van der Waals surface area contributed by atoms with Gasteiger partial charge in [0.15, 0.2) is 0 Å². The molecule has 0 spiro atoms. The standard InChI is InChI=1S/C20H27NO4/c22-19(23)20-9-10-24-13-16(20)12-21(14-20)11-15-5-1-4-8-18(15)25-17-6-2-3-7-17/h1,4-5,8,16-17H,2-3,6-7,9-14H2,(H,22,23)/t16-,20+/m1/s1. The number of hydrogen-bond donors (Lipinski definition) is 1. The first kappa shape index (κ1) is 16.9. The van der Waals surface area contributed by atoms with Crippen LogP contribution in [0.15, 0.2) is 24.3 Å². The molecule has 2 heterocycles. The largest absolute Gasteiger partial charge is 0.490 e. The van der Waals surface area contributed by atoms with Gasteiger partial charge in [-0.1, -0.05) is 18.2 Å². The van der Waals surface area contributed by atoms with Crippen LogP contribution in [0.2, 0.25) is 0 Å². The van der Waals surface area contributed by atoms with Crippen LogP contribution in [0.4, 0.5) is 0 Å². The topological polar surface area (TPSA) is 59.0 Å². The molecule has 2 atom stereocenters. The maximum absolute atomic E-state index is 11.9. The number of nitrogens with zero attached hydrogens (tertiary/aromatic N) is 1. The summed E-state index contributed by atoms with van der Waals surface area (Å²) in [6, 6.07) is 8.21. The second-order valence-electron chi connectivity index (χ2n) is 7.78. The van der Waals surface area contributed by atoms with Crippen LogP contribution in [0.3, 0.4) is 0 Å². The van der Waals surface area contributed by atoms with Gasteiger partial charge >= 0.3 is 5.97 Å². The lowest BCUT2D eigenvalue weighted by Crippen LogP contribution is -2.44. The van der Waals surface area contributed by atoms with Crippen molar-refractivity contribution in [2.24, 2.45) is 11.3 Å². The van der Waals surface area contributed by atoms with E-state index in [4.69, 9.17) is 9.47 Å². The number of likely N-dealkylation sites (tertiary alicyclic amines) is 1. The van der Waals surface area contributed by atoms with Crippen molar-refractivity contribution in [2.45, 2.75) is 44.8 Å². The van der Waals surface area contributed by atoms with Crippen molar-refractivity contribution in [3.8, 4) is 5.75 Å². The van der Waals surface area contributed by atoms with Crippen LogP contribution in [0.1, 0.15) is 37.7 Å². The van der Waals surface area contributed by atoms with E-state index >= 15 is 0 Å². The van der Waals surface area contributed by atoms with E-state index in [2.05, 4.69) is 11.0 Å². The van der Waals surface area contributed by atoms with Gasteiger partial charge in [-0.2, -0.15) is 0 Å². The zero-order chi connectivity index (χ0) is 17.3. The van der Waals surface area contributed by atoms with E-state index in [1.165, 1.54) is 12.8 Å². The molecule has 25 heavy (non-hydrogen) atoms. The summed E-state index contributed by atoms with van der Waals surface area (Å²) in [6.07, 6.45) is 5.73. The molecule has 1 aromatic carbocycles. The number of carboxylic acid groups (broad SMARTS) is 1. The van der Waals surface area contributed by atoms with Gasteiger partial charge in [-0.15, -0.1) is 0 Å². The molecule has 3 fully saturated rings. The SMILES string of the molecule is O=C(O)[C@]12CCOC[C@H]1CN(Cc1ccccc1OC1CCCC1)C2. The molecule has 5 nitrogen and oxygen atoms in total. The Balaban J connectivity index is 1.48. The van der Waals surface area contributed by atoms with E-state index in [0.29, 0.717) is 32.3 Å². The number of benzene rings is 1. The molecule has 1 saturated carbocycles. The molecule has 0 bridgehead atoms. The molecule has 4 rings (SSSR count). The van der Waals surface area contributed by atoms with E-state index in [-0.39, 0.29) is 5.92 Å². The van der Waals surface area contributed by atoms with Gasteiger partial charge in [0.25, 0.3) is 0 Å². The first-order chi connectivity index (χ1) is 12.2. The number of carboxylic acids is 1. The highest BCUT2D eigenvalue weighted by Crippen LogP contribution is 2.43. The maximum Gasteiger partial charge on any atom is 0.311 e. The second kappa shape index (κ2) is 6.96. The average Bonchev–Trinajstić information content (AvgIpc) is 3.24. The number of ether oxygens (including phenoxy) is 2. The van der Waals surface area contributed by atoms with Crippen LogP contribution in [0.5, 0.6) is 5.75 Å². The summed E-state index contributed by atoms with van der Waals surface area (Å²) in [5.41, 5.74) is 0.522. The van der Waals surface area contributed by atoms with Crippen LogP contribution in [0.25, 0.3) is 0 Å². The van der Waals surface area contributed by atoms with Crippen molar-refractivity contribution in [1.82, 2.24) is 4.90 Å². The summed E-state index contributed by atoms with van der Waals surface area (Å²) in [5, 5.41) is 9.82. The highest BCUT2D eigenvalue weighted by atomic mass is 16.5. The predicted octanol–water partition coefficient (Wildman–Crippen LogP) is 2.93. The van der Waals surface area contributed by atoms with Gasteiger partial charge in [-0.25, -0.2) is 0 Å². The van der Waals surface area contributed by atoms with Gasteiger partial charge in [0.1, 0.15) is 5.75 Å². The van der Waals surface area contributed by atoms with Crippen molar-refractivity contribution in [3.63, 3.8) is 0 Å². The third kappa shape index (κ3) is 3.27. The zero-order valence-corrected chi connectivity index (χ0v) is 14.7. The Bertz CT molecular complexity index is 628. The summed E-state index contributed by atoms with van der Waals surface area (Å²) in [7, 11) is 0. The summed E-state index contributed by atoms with van der Waals surface area (Å²) in [5.74, 6) is 0.380. The van der Waals surface area contributed by atoms with Crippen molar-refractivity contribution in [3.05, 3.63) is 29.8 Å². The van der Waals surface area contributed by atoms with Crippen LogP contribution in [-0.2, 0) is 16.1 Å². The fourth-order valence-corrected chi connectivity index (χ4v) is 4.70. The molecule has 1 aromatic rings. The summed E-state index contributed by atoms with van der Waals surface area (Å²) in [4.78, 5) is 14.2. The third-order valence-electron chi connectivity index (χ3n) is 6.17. The molecule has 1 aliphatic carbocycles. The smallest absolute Gasteiger partial charge is 0.311 e. The number of carbonyl (C=O) groups is 1. The molecular weight excluding hydrogens is 318 g/mol. The Morgan fingerprint density at radius 3 is 2.88 bits per heavy atom. The van der Waals surface area contributed by atoms with Crippen LogP contribution >= 0.6 is 0 Å². The van der Waals surface area contributed by atoms with Crippen LogP contribution < -0.4 is 4.74 Å². The molecule has 2 saturated heterocycles. The maximum atomic E-state index is 11.9. The molecular formula is C20H27NO4. The first-order valence-electron chi connectivity index (χ1n) is 9.45. The summed E-state index contributed by atoms with van der Waals surface area (Å²) in [6.45, 7) is 3.24. The Morgan fingerprint density at radius 2 is 2.12 bits per heavy atom. The Morgan fingerprint density at radius 1 is 1.32 bits per heavy atom. The minimum absolute atomic E-state index is 0.0849. The monoisotopic (exact) mass is 345 g/mol. The molecule has 5 heteroatoms.